The Hall–Kier alpha value is -1.98. The molecule has 0 aliphatic carbocycles. The predicted molar refractivity (Wildman–Crippen MR) is 72.5 cm³/mol. The molecule has 1 aliphatic rings. The molecular weight excluding hydrogens is 258 g/mol. The summed E-state index contributed by atoms with van der Waals surface area (Å²) >= 11 is 0. The van der Waals surface area contributed by atoms with Gasteiger partial charge in [0.2, 0.25) is 6.79 Å². The van der Waals surface area contributed by atoms with E-state index in [0.717, 1.165) is 35.1 Å². The molecule has 0 saturated carbocycles. The third-order valence-electron chi connectivity index (χ3n) is 3.02. The minimum absolute atomic E-state index is 0.292. The Kier molecular flexibility index (Phi) is 3.90. The average Bonchev–Trinajstić information content (AvgIpc) is 3.08. The summed E-state index contributed by atoms with van der Waals surface area (Å²) in [5.74, 6) is 3.31. The van der Waals surface area contributed by atoms with E-state index in [4.69, 9.17) is 18.6 Å². The van der Waals surface area contributed by atoms with Crippen molar-refractivity contribution in [1.82, 2.24) is 5.32 Å². The van der Waals surface area contributed by atoms with Crippen LogP contribution in [0.2, 0.25) is 0 Å². The van der Waals surface area contributed by atoms with Gasteiger partial charge in [-0.1, -0.05) is 6.07 Å². The topological polar surface area (TPSA) is 52.9 Å². The highest BCUT2D eigenvalue weighted by molar-refractivity contribution is 5.44. The van der Waals surface area contributed by atoms with E-state index in [1.54, 1.807) is 0 Å². The zero-order valence-electron chi connectivity index (χ0n) is 11.3. The number of hydrogen-bond donors (Lipinski definition) is 1. The summed E-state index contributed by atoms with van der Waals surface area (Å²) in [6, 6.07) is 9.71. The molecule has 5 nitrogen and oxygen atoms in total. The lowest BCUT2D eigenvalue weighted by Crippen LogP contribution is -2.03. The van der Waals surface area contributed by atoms with Gasteiger partial charge in [0.1, 0.15) is 18.1 Å². The molecule has 3 rings (SSSR count). The summed E-state index contributed by atoms with van der Waals surface area (Å²) in [4.78, 5) is 0. The smallest absolute Gasteiger partial charge is 0.231 e. The number of benzene rings is 1. The van der Waals surface area contributed by atoms with Gasteiger partial charge in [-0.15, -0.1) is 0 Å². The minimum Gasteiger partial charge on any atom is -0.462 e. The Morgan fingerprint density at radius 1 is 1.05 bits per heavy atom. The van der Waals surface area contributed by atoms with E-state index >= 15 is 0 Å². The number of hydrogen-bond acceptors (Lipinski definition) is 5. The van der Waals surface area contributed by atoms with Crippen LogP contribution in [-0.4, -0.2) is 13.8 Å². The Labute approximate surface area is 117 Å². The second-order valence-corrected chi connectivity index (χ2v) is 4.58. The van der Waals surface area contributed by atoms with Crippen molar-refractivity contribution in [3.63, 3.8) is 0 Å². The quantitative estimate of drug-likeness (QED) is 0.877. The van der Waals surface area contributed by atoms with Crippen LogP contribution in [0, 0.1) is 0 Å². The number of nitrogens with one attached hydrogen (secondary N) is 1. The van der Waals surface area contributed by atoms with Crippen LogP contribution in [0.1, 0.15) is 17.1 Å². The third kappa shape index (κ3) is 2.95. The van der Waals surface area contributed by atoms with Crippen molar-refractivity contribution in [3.8, 4) is 11.5 Å². The van der Waals surface area contributed by atoms with Gasteiger partial charge in [0.05, 0.1) is 13.2 Å². The molecule has 1 aliphatic heterocycles. The van der Waals surface area contributed by atoms with Crippen molar-refractivity contribution in [3.05, 3.63) is 47.4 Å². The first kappa shape index (κ1) is 13.0. The van der Waals surface area contributed by atoms with Gasteiger partial charge in [0.15, 0.2) is 11.5 Å². The molecule has 1 aromatic carbocycles. The number of furan rings is 1. The summed E-state index contributed by atoms with van der Waals surface area (Å²) in [7, 11) is 1.89. The van der Waals surface area contributed by atoms with Crippen LogP contribution in [0.25, 0.3) is 0 Å². The van der Waals surface area contributed by atoms with Crippen LogP contribution in [0.15, 0.2) is 34.7 Å². The fraction of sp³-hybridized carbons (Fsp3) is 0.333. The van der Waals surface area contributed by atoms with E-state index in [1.807, 2.05) is 37.4 Å². The molecule has 0 unspecified atom stereocenters. The van der Waals surface area contributed by atoms with E-state index in [1.165, 1.54) is 0 Å². The molecular formula is C15H17NO4. The summed E-state index contributed by atoms with van der Waals surface area (Å²) in [6.45, 7) is 1.99. The third-order valence-corrected chi connectivity index (χ3v) is 3.02. The lowest BCUT2D eigenvalue weighted by Gasteiger charge is -2.04. The van der Waals surface area contributed by atoms with E-state index in [2.05, 4.69) is 5.32 Å². The van der Waals surface area contributed by atoms with Crippen molar-refractivity contribution in [2.75, 3.05) is 13.8 Å². The Balaban J connectivity index is 1.51. The lowest BCUT2D eigenvalue weighted by molar-refractivity contribution is 0.0919. The molecule has 20 heavy (non-hydrogen) atoms. The average molecular weight is 275 g/mol. The lowest BCUT2D eigenvalue weighted by atomic mass is 10.2. The first-order chi connectivity index (χ1) is 9.85. The minimum atomic E-state index is 0.292. The molecule has 0 saturated heterocycles. The molecule has 0 atom stereocenters. The number of rotatable bonds is 6. The molecule has 2 aromatic rings. The van der Waals surface area contributed by atoms with Crippen molar-refractivity contribution < 1.29 is 18.6 Å². The van der Waals surface area contributed by atoms with E-state index < -0.39 is 0 Å². The molecule has 2 heterocycles. The zero-order chi connectivity index (χ0) is 13.8. The van der Waals surface area contributed by atoms with Gasteiger partial charge in [0.25, 0.3) is 0 Å². The van der Waals surface area contributed by atoms with Crippen LogP contribution in [0.5, 0.6) is 11.5 Å². The number of fused-ring (bicyclic) bond motifs is 1. The number of ether oxygens (including phenoxy) is 3. The highest BCUT2D eigenvalue weighted by Gasteiger charge is 2.13. The van der Waals surface area contributed by atoms with Crippen LogP contribution >= 0.6 is 0 Å². The van der Waals surface area contributed by atoms with Gasteiger partial charge in [-0.3, -0.25) is 0 Å². The largest absolute Gasteiger partial charge is 0.462 e. The Morgan fingerprint density at radius 3 is 2.80 bits per heavy atom. The molecule has 0 radical (unpaired) electrons. The van der Waals surface area contributed by atoms with Crippen LogP contribution in [0.3, 0.4) is 0 Å². The van der Waals surface area contributed by atoms with Gasteiger partial charge < -0.3 is 23.9 Å². The molecule has 0 amide bonds. The van der Waals surface area contributed by atoms with Gasteiger partial charge in [-0.2, -0.15) is 0 Å². The highest BCUT2D eigenvalue weighted by Crippen LogP contribution is 2.32. The van der Waals surface area contributed by atoms with Gasteiger partial charge >= 0.3 is 0 Å². The second kappa shape index (κ2) is 5.98. The first-order valence-electron chi connectivity index (χ1n) is 6.53. The maximum atomic E-state index is 5.65. The molecule has 106 valence electrons. The van der Waals surface area contributed by atoms with Gasteiger partial charge in [-0.05, 0) is 36.9 Å². The fourth-order valence-corrected chi connectivity index (χ4v) is 2.07. The summed E-state index contributed by atoms with van der Waals surface area (Å²) in [5, 5.41) is 3.04. The van der Waals surface area contributed by atoms with E-state index in [9.17, 15) is 0 Å². The molecule has 5 heteroatoms. The predicted octanol–water partition coefficient (Wildman–Crippen LogP) is 2.44. The van der Waals surface area contributed by atoms with Crippen molar-refractivity contribution >= 4 is 0 Å². The Morgan fingerprint density at radius 2 is 1.90 bits per heavy atom. The highest BCUT2D eigenvalue weighted by atomic mass is 16.7. The molecule has 1 N–H and O–H groups in total. The van der Waals surface area contributed by atoms with Crippen molar-refractivity contribution in [2.24, 2.45) is 0 Å². The second-order valence-electron chi connectivity index (χ2n) is 4.58. The van der Waals surface area contributed by atoms with Crippen LogP contribution < -0.4 is 14.8 Å². The van der Waals surface area contributed by atoms with Crippen molar-refractivity contribution in [1.29, 1.82) is 0 Å². The fourth-order valence-electron chi connectivity index (χ4n) is 2.07. The molecule has 0 fully saturated rings. The van der Waals surface area contributed by atoms with E-state index in [0.29, 0.717) is 20.0 Å². The molecule has 1 aromatic heterocycles. The zero-order valence-corrected chi connectivity index (χ0v) is 11.3. The normalized spacial score (nSPS) is 12.8. The van der Waals surface area contributed by atoms with Crippen molar-refractivity contribution in [2.45, 2.75) is 19.8 Å². The standard InChI is InChI=1S/C15H17NO4/c1-16-7-12-3-4-13(20-12)9-17-8-11-2-5-14-15(6-11)19-10-18-14/h2-6,16H,7-10H2,1H3. The molecule has 0 spiro atoms. The summed E-state index contributed by atoms with van der Waals surface area (Å²) < 4.78 is 21.8. The van der Waals surface area contributed by atoms with Crippen LogP contribution in [0.4, 0.5) is 0 Å². The Bertz CT molecular complexity index is 579. The summed E-state index contributed by atoms with van der Waals surface area (Å²) in [5.41, 5.74) is 1.05. The van der Waals surface area contributed by atoms with Gasteiger partial charge in [0, 0.05) is 0 Å². The SMILES string of the molecule is CNCc1ccc(COCc2ccc3c(c2)OCO3)o1. The van der Waals surface area contributed by atoms with Crippen LogP contribution in [-0.2, 0) is 24.5 Å². The maximum Gasteiger partial charge on any atom is 0.231 e. The summed E-state index contributed by atoms with van der Waals surface area (Å²) in [6.07, 6.45) is 0. The van der Waals surface area contributed by atoms with Gasteiger partial charge in [-0.25, -0.2) is 0 Å². The molecule has 0 bridgehead atoms. The first-order valence-corrected chi connectivity index (χ1v) is 6.53. The monoisotopic (exact) mass is 275 g/mol. The maximum absolute atomic E-state index is 5.65. The van der Waals surface area contributed by atoms with E-state index in [-0.39, 0.29) is 0 Å².